The van der Waals surface area contributed by atoms with Crippen LogP contribution in [0.15, 0.2) is 77.7 Å². The lowest BCUT2D eigenvalue weighted by Crippen LogP contribution is -2.22. The molecule has 1 amide bonds. The quantitative estimate of drug-likeness (QED) is 0.660. The van der Waals surface area contributed by atoms with Crippen LogP contribution in [0.2, 0.25) is 0 Å². The number of amides is 1. The van der Waals surface area contributed by atoms with Crippen molar-refractivity contribution in [3.63, 3.8) is 0 Å². The molecule has 144 valence electrons. The first-order valence-electron chi connectivity index (χ1n) is 8.83. The van der Waals surface area contributed by atoms with Crippen LogP contribution in [0.4, 0.5) is 11.4 Å². The highest BCUT2D eigenvalue weighted by molar-refractivity contribution is 7.90. The zero-order chi connectivity index (χ0) is 20.1. The number of carbonyl (C=O) groups is 1. The molecule has 0 aliphatic carbocycles. The van der Waals surface area contributed by atoms with Gasteiger partial charge in [-0.05, 0) is 36.2 Å². The second kappa shape index (κ2) is 8.27. The Labute approximate surface area is 165 Å². The van der Waals surface area contributed by atoms with Crippen LogP contribution < -0.4 is 10.6 Å². The van der Waals surface area contributed by atoms with Gasteiger partial charge in [-0.1, -0.05) is 54.6 Å². The lowest BCUT2D eigenvalue weighted by molar-refractivity contribution is -0.114. The van der Waals surface area contributed by atoms with E-state index in [1.54, 1.807) is 18.2 Å². The van der Waals surface area contributed by atoms with Crippen molar-refractivity contribution in [2.75, 3.05) is 23.4 Å². The van der Waals surface area contributed by atoms with Crippen LogP contribution in [-0.2, 0) is 14.6 Å². The Hall–Kier alpha value is -3.12. The van der Waals surface area contributed by atoms with Gasteiger partial charge < -0.3 is 10.6 Å². The van der Waals surface area contributed by atoms with Crippen molar-refractivity contribution in [2.45, 2.75) is 11.8 Å². The Morgan fingerprint density at radius 1 is 0.893 bits per heavy atom. The molecular formula is C22H22N2O3S. The fourth-order valence-electron chi connectivity index (χ4n) is 2.85. The van der Waals surface area contributed by atoms with E-state index in [4.69, 9.17) is 0 Å². The molecule has 6 heteroatoms. The minimum absolute atomic E-state index is 0.0250. The first kappa shape index (κ1) is 19.6. The molecule has 2 N–H and O–H groups in total. The molecule has 3 aromatic rings. The van der Waals surface area contributed by atoms with Gasteiger partial charge >= 0.3 is 0 Å². The van der Waals surface area contributed by atoms with Gasteiger partial charge in [0.05, 0.1) is 11.4 Å². The molecule has 0 aliphatic rings. The molecule has 28 heavy (non-hydrogen) atoms. The van der Waals surface area contributed by atoms with Gasteiger partial charge in [-0.15, -0.1) is 0 Å². The van der Waals surface area contributed by atoms with E-state index in [1.807, 2.05) is 61.5 Å². The molecule has 0 radical (unpaired) electrons. The molecule has 0 saturated carbocycles. The van der Waals surface area contributed by atoms with Gasteiger partial charge in [-0.25, -0.2) is 8.42 Å². The smallest absolute Gasteiger partial charge is 0.243 e. The van der Waals surface area contributed by atoms with E-state index in [-0.39, 0.29) is 17.3 Å². The van der Waals surface area contributed by atoms with Crippen LogP contribution >= 0.6 is 0 Å². The minimum Gasteiger partial charge on any atom is -0.376 e. The molecule has 0 saturated heterocycles. The van der Waals surface area contributed by atoms with E-state index in [0.29, 0.717) is 5.69 Å². The molecule has 3 rings (SSSR count). The Morgan fingerprint density at radius 2 is 1.57 bits per heavy atom. The molecule has 0 bridgehead atoms. The number of hydrogen-bond donors (Lipinski definition) is 2. The van der Waals surface area contributed by atoms with E-state index in [9.17, 15) is 13.2 Å². The molecule has 0 spiro atoms. The Kier molecular flexibility index (Phi) is 5.80. The highest BCUT2D eigenvalue weighted by atomic mass is 32.2. The average Bonchev–Trinajstić information content (AvgIpc) is 2.67. The average molecular weight is 394 g/mol. The molecule has 3 aromatic carbocycles. The predicted molar refractivity (Wildman–Crippen MR) is 113 cm³/mol. The Balaban J connectivity index is 1.73. The van der Waals surface area contributed by atoms with E-state index in [0.717, 1.165) is 28.6 Å². The second-order valence-corrected chi connectivity index (χ2v) is 8.58. The molecular weight excluding hydrogens is 372 g/mol. The van der Waals surface area contributed by atoms with Crippen molar-refractivity contribution in [1.29, 1.82) is 0 Å². The summed E-state index contributed by atoms with van der Waals surface area (Å²) in [6, 6.07) is 22.3. The number of benzene rings is 3. The van der Waals surface area contributed by atoms with Crippen molar-refractivity contribution < 1.29 is 13.2 Å². The Morgan fingerprint density at radius 3 is 2.29 bits per heavy atom. The maximum Gasteiger partial charge on any atom is 0.243 e. The van der Waals surface area contributed by atoms with E-state index in [1.165, 1.54) is 0 Å². The third-order valence-electron chi connectivity index (χ3n) is 4.36. The van der Waals surface area contributed by atoms with Crippen molar-refractivity contribution >= 4 is 27.1 Å². The summed E-state index contributed by atoms with van der Waals surface area (Å²) in [5, 5.41) is 5.95. The van der Waals surface area contributed by atoms with Gasteiger partial charge in [0.2, 0.25) is 5.91 Å². The van der Waals surface area contributed by atoms with Crippen molar-refractivity contribution in [3.8, 4) is 11.1 Å². The largest absolute Gasteiger partial charge is 0.376 e. The van der Waals surface area contributed by atoms with E-state index < -0.39 is 9.84 Å². The number of hydrogen-bond acceptors (Lipinski definition) is 4. The maximum absolute atomic E-state index is 12.5. The predicted octanol–water partition coefficient (Wildman–Crippen LogP) is 4.12. The molecule has 0 fully saturated rings. The molecule has 0 aliphatic heterocycles. The fraction of sp³-hybridized carbons (Fsp3) is 0.136. The van der Waals surface area contributed by atoms with Gasteiger partial charge in [-0.3, -0.25) is 4.79 Å². The normalized spacial score (nSPS) is 11.1. The molecule has 0 unspecified atom stereocenters. The van der Waals surface area contributed by atoms with Gasteiger partial charge in [0.1, 0.15) is 0 Å². The van der Waals surface area contributed by atoms with Crippen LogP contribution in [0.1, 0.15) is 5.56 Å². The van der Waals surface area contributed by atoms with Crippen LogP contribution in [0.5, 0.6) is 0 Å². The zero-order valence-corrected chi connectivity index (χ0v) is 16.6. The number of para-hydroxylation sites is 1. The summed E-state index contributed by atoms with van der Waals surface area (Å²) in [4.78, 5) is 12.7. The van der Waals surface area contributed by atoms with E-state index >= 15 is 0 Å². The molecule has 5 nitrogen and oxygen atoms in total. The monoisotopic (exact) mass is 394 g/mol. The summed E-state index contributed by atoms with van der Waals surface area (Å²) in [6.45, 7) is 1.88. The van der Waals surface area contributed by atoms with Crippen molar-refractivity contribution in [2.24, 2.45) is 0 Å². The summed E-state index contributed by atoms with van der Waals surface area (Å²) < 4.78 is 23.5. The number of nitrogens with one attached hydrogen (secondary N) is 2. The third-order valence-corrected chi connectivity index (χ3v) is 5.47. The number of carbonyl (C=O) groups excluding carboxylic acids is 1. The summed E-state index contributed by atoms with van der Waals surface area (Å²) in [6.07, 6.45) is 1.16. The summed E-state index contributed by atoms with van der Waals surface area (Å²) in [7, 11) is -3.31. The van der Waals surface area contributed by atoms with E-state index in [2.05, 4.69) is 10.6 Å². The standard InChI is InChI=1S/C22H22N2O3S/c1-16-12-13-18(28(2,26)27)14-21(16)23-15-22(25)24-20-11-7-6-10-19(20)17-8-4-3-5-9-17/h3-14,23H,15H2,1-2H3,(H,24,25). The highest BCUT2D eigenvalue weighted by Gasteiger charge is 2.11. The van der Waals surface area contributed by atoms with Crippen LogP contribution in [0.25, 0.3) is 11.1 Å². The lowest BCUT2D eigenvalue weighted by atomic mass is 10.0. The maximum atomic E-state index is 12.5. The van der Waals surface area contributed by atoms with Gasteiger partial charge in [-0.2, -0.15) is 0 Å². The minimum atomic E-state index is -3.31. The van der Waals surface area contributed by atoms with Crippen molar-refractivity contribution in [1.82, 2.24) is 0 Å². The first-order chi connectivity index (χ1) is 13.3. The summed E-state index contributed by atoms with van der Waals surface area (Å²) in [5.41, 5.74) is 4.16. The van der Waals surface area contributed by atoms with Crippen molar-refractivity contribution in [3.05, 3.63) is 78.4 Å². The first-order valence-corrected chi connectivity index (χ1v) is 10.7. The van der Waals surface area contributed by atoms with Crippen LogP contribution in [0, 0.1) is 6.92 Å². The van der Waals surface area contributed by atoms with Gasteiger partial charge in [0.15, 0.2) is 9.84 Å². The fourth-order valence-corrected chi connectivity index (χ4v) is 3.50. The zero-order valence-electron chi connectivity index (χ0n) is 15.8. The molecule has 0 atom stereocenters. The number of anilines is 2. The van der Waals surface area contributed by atoms with Gasteiger partial charge in [0.25, 0.3) is 0 Å². The van der Waals surface area contributed by atoms with Crippen LogP contribution in [0.3, 0.4) is 0 Å². The highest BCUT2D eigenvalue weighted by Crippen LogP contribution is 2.27. The van der Waals surface area contributed by atoms with Gasteiger partial charge in [0, 0.05) is 23.2 Å². The van der Waals surface area contributed by atoms with Crippen LogP contribution in [-0.4, -0.2) is 27.1 Å². The molecule has 0 aromatic heterocycles. The summed E-state index contributed by atoms with van der Waals surface area (Å²) in [5.74, 6) is -0.215. The third kappa shape index (κ3) is 4.78. The Bertz CT molecular complexity index is 1090. The molecule has 0 heterocycles. The SMILES string of the molecule is Cc1ccc(S(C)(=O)=O)cc1NCC(=O)Nc1ccccc1-c1ccccc1. The number of sulfone groups is 1. The lowest BCUT2D eigenvalue weighted by Gasteiger charge is -2.13. The topological polar surface area (TPSA) is 75.3 Å². The second-order valence-electron chi connectivity index (χ2n) is 6.56. The number of rotatable bonds is 6. The summed E-state index contributed by atoms with van der Waals surface area (Å²) >= 11 is 0. The number of aryl methyl sites for hydroxylation is 1.